The molecule has 0 aliphatic carbocycles. The van der Waals surface area contributed by atoms with Gasteiger partial charge in [0.05, 0.1) is 18.7 Å². The van der Waals surface area contributed by atoms with Crippen molar-refractivity contribution in [2.45, 2.75) is 19.8 Å². The fourth-order valence-corrected chi connectivity index (χ4v) is 3.49. The Balaban J connectivity index is 1.44. The van der Waals surface area contributed by atoms with Crippen LogP contribution in [0.15, 0.2) is 30.6 Å². The minimum atomic E-state index is -0.359. The van der Waals surface area contributed by atoms with Crippen LogP contribution in [0.3, 0.4) is 0 Å². The molecule has 0 unspecified atom stereocenters. The van der Waals surface area contributed by atoms with Crippen LogP contribution in [0.25, 0.3) is 16.9 Å². The zero-order valence-electron chi connectivity index (χ0n) is 17.1. The lowest BCUT2D eigenvalue weighted by Gasteiger charge is -2.35. The van der Waals surface area contributed by atoms with Crippen LogP contribution < -0.4 is 4.90 Å². The summed E-state index contributed by atoms with van der Waals surface area (Å²) in [5, 5.41) is 8.39. The lowest BCUT2D eigenvalue weighted by molar-refractivity contribution is -0.145. The third kappa shape index (κ3) is 4.44. The van der Waals surface area contributed by atoms with Gasteiger partial charge in [-0.25, -0.2) is 14.4 Å². The summed E-state index contributed by atoms with van der Waals surface area (Å²) in [7, 11) is 0. The number of anilines is 1. The van der Waals surface area contributed by atoms with Crippen molar-refractivity contribution in [3.63, 3.8) is 0 Å². The number of esters is 1. The number of amides is 1. The first kappa shape index (κ1) is 20.6. The smallest absolute Gasteiger partial charge is 0.306 e. The maximum atomic E-state index is 13.2. The van der Waals surface area contributed by atoms with Crippen molar-refractivity contribution in [3.05, 3.63) is 36.4 Å². The minimum Gasteiger partial charge on any atom is -0.466 e. The Labute approximate surface area is 177 Å². The van der Waals surface area contributed by atoms with Crippen LogP contribution in [-0.2, 0) is 14.3 Å². The fourth-order valence-electron chi connectivity index (χ4n) is 3.49. The highest BCUT2D eigenvalue weighted by Crippen LogP contribution is 2.23. The molecule has 0 saturated carbocycles. The SMILES string of the molecule is CCOC(=O)CCC(=O)N1CCN(c2ncnc3c2nnn3-c2ccc(F)cc2)CC1. The van der Waals surface area contributed by atoms with Crippen LogP contribution in [-0.4, -0.2) is 74.5 Å². The van der Waals surface area contributed by atoms with E-state index in [9.17, 15) is 14.0 Å². The number of ether oxygens (including phenoxy) is 1. The molecule has 0 N–H and O–H groups in total. The highest BCUT2D eigenvalue weighted by molar-refractivity contribution is 5.84. The molecule has 1 amide bonds. The van der Waals surface area contributed by atoms with Crippen molar-refractivity contribution in [1.82, 2.24) is 29.9 Å². The molecule has 2 aromatic heterocycles. The van der Waals surface area contributed by atoms with Gasteiger partial charge in [0.15, 0.2) is 17.0 Å². The summed E-state index contributed by atoms with van der Waals surface area (Å²) in [6.45, 7) is 4.21. The van der Waals surface area contributed by atoms with Crippen molar-refractivity contribution in [1.29, 1.82) is 0 Å². The molecule has 1 aliphatic rings. The number of carbonyl (C=O) groups excluding carboxylic acids is 2. The van der Waals surface area contributed by atoms with Crippen molar-refractivity contribution < 1.29 is 18.7 Å². The summed E-state index contributed by atoms with van der Waals surface area (Å²) in [5.74, 6) is -0.125. The molecule has 11 heteroatoms. The van der Waals surface area contributed by atoms with Gasteiger partial charge < -0.3 is 14.5 Å². The molecule has 10 nitrogen and oxygen atoms in total. The van der Waals surface area contributed by atoms with E-state index in [0.29, 0.717) is 55.5 Å². The molecule has 0 atom stereocenters. The van der Waals surface area contributed by atoms with E-state index in [1.54, 1.807) is 24.0 Å². The molecule has 0 bridgehead atoms. The maximum absolute atomic E-state index is 13.2. The summed E-state index contributed by atoms with van der Waals surface area (Å²) in [4.78, 5) is 36.3. The number of hydrogen-bond donors (Lipinski definition) is 0. The van der Waals surface area contributed by atoms with Crippen LogP contribution in [0.1, 0.15) is 19.8 Å². The Hall–Kier alpha value is -3.63. The maximum Gasteiger partial charge on any atom is 0.306 e. The lowest BCUT2D eigenvalue weighted by atomic mass is 10.2. The third-order valence-electron chi connectivity index (χ3n) is 5.07. The Morgan fingerprint density at radius 3 is 2.52 bits per heavy atom. The summed E-state index contributed by atoms with van der Waals surface area (Å²) >= 11 is 0. The van der Waals surface area contributed by atoms with E-state index < -0.39 is 0 Å². The van der Waals surface area contributed by atoms with Crippen molar-refractivity contribution in [2.75, 3.05) is 37.7 Å². The zero-order valence-corrected chi connectivity index (χ0v) is 17.1. The molecule has 1 fully saturated rings. The molecule has 1 aliphatic heterocycles. The first-order valence-corrected chi connectivity index (χ1v) is 10.1. The monoisotopic (exact) mass is 427 g/mol. The molecular formula is C20H22FN7O3. The quantitative estimate of drug-likeness (QED) is 0.543. The van der Waals surface area contributed by atoms with Gasteiger partial charge in [0, 0.05) is 32.6 Å². The van der Waals surface area contributed by atoms with Gasteiger partial charge >= 0.3 is 5.97 Å². The summed E-state index contributed by atoms with van der Waals surface area (Å²) in [6, 6.07) is 5.91. The first-order chi connectivity index (χ1) is 15.1. The average Bonchev–Trinajstić information content (AvgIpc) is 3.23. The van der Waals surface area contributed by atoms with Gasteiger partial charge in [-0.15, -0.1) is 5.10 Å². The zero-order chi connectivity index (χ0) is 21.8. The van der Waals surface area contributed by atoms with Gasteiger partial charge in [-0.3, -0.25) is 9.59 Å². The molecule has 3 aromatic rings. The first-order valence-electron chi connectivity index (χ1n) is 10.1. The topological polar surface area (TPSA) is 106 Å². The van der Waals surface area contributed by atoms with Crippen molar-refractivity contribution in [2.24, 2.45) is 0 Å². The van der Waals surface area contributed by atoms with E-state index in [-0.39, 0.29) is 30.5 Å². The van der Waals surface area contributed by atoms with Gasteiger partial charge in [-0.05, 0) is 31.2 Å². The molecule has 31 heavy (non-hydrogen) atoms. The molecule has 0 spiro atoms. The minimum absolute atomic E-state index is 0.0669. The lowest BCUT2D eigenvalue weighted by Crippen LogP contribution is -2.49. The standard InChI is InChI=1S/C20H22FN7O3/c1-2-31-17(30)8-7-16(29)26-9-11-27(12-10-26)19-18-20(23-13-22-19)28(25-24-18)15-5-3-14(21)4-6-15/h3-6,13H,2,7-12H2,1H3. The molecule has 1 aromatic carbocycles. The molecule has 0 radical (unpaired) electrons. The summed E-state index contributed by atoms with van der Waals surface area (Å²) in [6.07, 6.45) is 1.67. The van der Waals surface area contributed by atoms with Crippen LogP contribution in [0, 0.1) is 5.82 Å². The second-order valence-electron chi connectivity index (χ2n) is 7.02. The number of nitrogens with zero attached hydrogens (tertiary/aromatic N) is 7. The number of aromatic nitrogens is 5. The van der Waals surface area contributed by atoms with Gasteiger partial charge in [0.25, 0.3) is 0 Å². The van der Waals surface area contributed by atoms with E-state index in [4.69, 9.17) is 4.74 Å². The van der Waals surface area contributed by atoms with E-state index >= 15 is 0 Å². The fraction of sp³-hybridized carbons (Fsp3) is 0.400. The number of benzene rings is 1. The van der Waals surface area contributed by atoms with E-state index in [1.165, 1.54) is 23.1 Å². The predicted molar refractivity (Wildman–Crippen MR) is 109 cm³/mol. The second kappa shape index (κ2) is 9.02. The Kier molecular flexibility index (Phi) is 6.01. The third-order valence-corrected chi connectivity index (χ3v) is 5.07. The second-order valence-corrected chi connectivity index (χ2v) is 7.02. The molecule has 3 heterocycles. The van der Waals surface area contributed by atoms with Crippen LogP contribution >= 0.6 is 0 Å². The number of piperazine rings is 1. The van der Waals surface area contributed by atoms with Gasteiger partial charge in [0.2, 0.25) is 5.91 Å². The summed E-state index contributed by atoms with van der Waals surface area (Å²) in [5.41, 5.74) is 1.70. The van der Waals surface area contributed by atoms with E-state index in [1.807, 2.05) is 4.90 Å². The summed E-state index contributed by atoms with van der Waals surface area (Å²) < 4.78 is 19.6. The van der Waals surface area contributed by atoms with Gasteiger partial charge in [0.1, 0.15) is 12.1 Å². The van der Waals surface area contributed by atoms with Gasteiger partial charge in [-0.1, -0.05) is 5.21 Å². The predicted octanol–water partition coefficient (Wildman–Crippen LogP) is 1.34. The number of fused-ring (bicyclic) bond motifs is 1. The van der Waals surface area contributed by atoms with Crippen LogP contribution in [0.4, 0.5) is 10.2 Å². The molecule has 1 saturated heterocycles. The van der Waals surface area contributed by atoms with E-state index in [0.717, 1.165) is 0 Å². The Morgan fingerprint density at radius 2 is 1.81 bits per heavy atom. The molecule has 162 valence electrons. The highest BCUT2D eigenvalue weighted by atomic mass is 19.1. The van der Waals surface area contributed by atoms with E-state index in [2.05, 4.69) is 20.3 Å². The largest absolute Gasteiger partial charge is 0.466 e. The number of hydrogen-bond acceptors (Lipinski definition) is 8. The molecular weight excluding hydrogens is 405 g/mol. The number of halogens is 1. The van der Waals surface area contributed by atoms with Crippen LogP contribution in [0.2, 0.25) is 0 Å². The normalized spacial score (nSPS) is 14.1. The number of rotatable bonds is 6. The Bertz CT molecular complexity index is 1080. The molecule has 4 rings (SSSR count). The Morgan fingerprint density at radius 1 is 1.06 bits per heavy atom. The van der Waals surface area contributed by atoms with Crippen molar-refractivity contribution in [3.8, 4) is 5.69 Å². The van der Waals surface area contributed by atoms with Crippen molar-refractivity contribution >= 4 is 28.9 Å². The highest BCUT2D eigenvalue weighted by Gasteiger charge is 2.25. The van der Waals surface area contributed by atoms with Gasteiger partial charge in [-0.2, -0.15) is 4.68 Å². The average molecular weight is 427 g/mol. The van der Waals surface area contributed by atoms with Crippen LogP contribution in [0.5, 0.6) is 0 Å². The number of carbonyl (C=O) groups is 2.